The maximum atomic E-state index is 12.3. The summed E-state index contributed by atoms with van der Waals surface area (Å²) in [5.74, 6) is 0. The van der Waals surface area contributed by atoms with Gasteiger partial charge in [-0.25, -0.2) is 0 Å². The van der Waals surface area contributed by atoms with Gasteiger partial charge in [0.25, 0.3) is 5.24 Å². The molecule has 1 aliphatic heterocycles. The quantitative estimate of drug-likeness (QED) is 0.709. The lowest BCUT2D eigenvalue weighted by molar-refractivity contribution is -0.113. The highest BCUT2D eigenvalue weighted by Crippen LogP contribution is 2.39. The lowest BCUT2D eigenvalue weighted by Crippen LogP contribution is -2.23. The predicted molar refractivity (Wildman–Crippen MR) is 101 cm³/mol. The third-order valence-electron chi connectivity index (χ3n) is 4.61. The normalized spacial score (nSPS) is 17.1. The number of carbonyl (C=O) groups excluding carboxylic acids is 2. The third-order valence-corrected chi connectivity index (χ3v) is 5.50. The molecule has 4 rings (SSSR count). The summed E-state index contributed by atoms with van der Waals surface area (Å²) in [5.41, 5.74) is 3.46. The molecule has 5 nitrogen and oxygen atoms in total. The number of fused-ring (bicyclic) bond motifs is 1. The van der Waals surface area contributed by atoms with Crippen molar-refractivity contribution in [2.75, 3.05) is 7.05 Å². The van der Waals surface area contributed by atoms with Gasteiger partial charge in [-0.3, -0.25) is 9.59 Å². The first-order valence-electron chi connectivity index (χ1n) is 8.14. The molecule has 0 bridgehead atoms. The lowest BCUT2D eigenvalue weighted by atomic mass is 10.1. The Hall–Kier alpha value is -3.04. The van der Waals surface area contributed by atoms with Crippen molar-refractivity contribution in [2.24, 2.45) is 0 Å². The van der Waals surface area contributed by atoms with Gasteiger partial charge in [-0.2, -0.15) is 5.26 Å². The average molecular weight is 361 g/mol. The van der Waals surface area contributed by atoms with E-state index in [9.17, 15) is 9.59 Å². The molecule has 6 heteroatoms. The molecule has 26 heavy (non-hydrogen) atoms. The first-order valence-corrected chi connectivity index (χ1v) is 8.95. The SMILES string of the molecule is CN1C(=O)SC(=O)C1c1cn(Cc2cccc(C#N)c2)c2ccccc12. The van der Waals surface area contributed by atoms with Crippen molar-refractivity contribution in [3.05, 3.63) is 71.4 Å². The number of amides is 1. The summed E-state index contributed by atoms with van der Waals surface area (Å²) in [4.78, 5) is 25.7. The van der Waals surface area contributed by atoms with Crippen molar-refractivity contribution in [2.45, 2.75) is 12.6 Å². The highest BCUT2D eigenvalue weighted by Gasteiger charge is 2.39. The number of nitrogens with zero attached hydrogens (tertiary/aromatic N) is 3. The Kier molecular flexibility index (Phi) is 4.02. The highest BCUT2D eigenvalue weighted by atomic mass is 32.2. The molecule has 2 heterocycles. The molecule has 128 valence electrons. The monoisotopic (exact) mass is 361 g/mol. The van der Waals surface area contributed by atoms with E-state index >= 15 is 0 Å². The number of rotatable bonds is 3. The molecule has 1 aromatic heterocycles. The molecule has 0 N–H and O–H groups in total. The van der Waals surface area contributed by atoms with Gasteiger partial charge in [-0.15, -0.1) is 0 Å². The van der Waals surface area contributed by atoms with Crippen LogP contribution >= 0.6 is 11.8 Å². The first-order chi connectivity index (χ1) is 12.6. The first kappa shape index (κ1) is 16.4. The number of carbonyl (C=O) groups is 2. The molecule has 1 unspecified atom stereocenters. The second kappa shape index (κ2) is 6.36. The smallest absolute Gasteiger partial charge is 0.289 e. The van der Waals surface area contributed by atoms with E-state index in [0.717, 1.165) is 33.8 Å². The standard InChI is InChI=1S/C20H15N3O2S/c1-22-18(19(24)26-20(22)25)16-12-23(17-8-3-2-7-15(16)17)11-14-6-4-5-13(9-14)10-21/h2-9,12,18H,11H2,1H3. The third kappa shape index (κ3) is 2.67. The molecule has 1 aliphatic rings. The van der Waals surface area contributed by atoms with E-state index in [1.807, 2.05) is 48.7 Å². The van der Waals surface area contributed by atoms with Crippen LogP contribution in [0.2, 0.25) is 0 Å². The summed E-state index contributed by atoms with van der Waals surface area (Å²) in [6.45, 7) is 0.585. The molecule has 1 fully saturated rings. The number of aromatic nitrogens is 1. The predicted octanol–water partition coefficient (Wildman–Crippen LogP) is 3.93. The number of thioether (sulfide) groups is 1. The van der Waals surface area contributed by atoms with E-state index in [4.69, 9.17) is 5.26 Å². The van der Waals surface area contributed by atoms with Crippen LogP contribution < -0.4 is 0 Å². The molecular formula is C20H15N3O2S. The molecular weight excluding hydrogens is 346 g/mol. The van der Waals surface area contributed by atoms with Gasteiger partial charge in [0.15, 0.2) is 0 Å². The van der Waals surface area contributed by atoms with E-state index < -0.39 is 6.04 Å². The van der Waals surface area contributed by atoms with Gasteiger partial charge >= 0.3 is 0 Å². The largest absolute Gasteiger partial charge is 0.343 e. The van der Waals surface area contributed by atoms with Gasteiger partial charge in [0.1, 0.15) is 6.04 Å². The van der Waals surface area contributed by atoms with Crippen LogP contribution in [-0.4, -0.2) is 26.9 Å². The topological polar surface area (TPSA) is 66.1 Å². The Morgan fingerprint density at radius 2 is 1.96 bits per heavy atom. The van der Waals surface area contributed by atoms with Gasteiger partial charge in [0, 0.05) is 48.0 Å². The average Bonchev–Trinajstić information content (AvgIpc) is 3.12. The second-order valence-corrected chi connectivity index (χ2v) is 7.20. The van der Waals surface area contributed by atoms with E-state index in [1.165, 1.54) is 4.90 Å². The Bertz CT molecular complexity index is 1080. The van der Waals surface area contributed by atoms with Crippen LogP contribution in [-0.2, 0) is 11.3 Å². The van der Waals surface area contributed by atoms with Gasteiger partial charge in [-0.05, 0) is 23.8 Å². The summed E-state index contributed by atoms with van der Waals surface area (Å²) in [5, 5.41) is 9.69. The van der Waals surface area contributed by atoms with Gasteiger partial charge in [0.2, 0.25) is 5.12 Å². The number of para-hydroxylation sites is 1. The minimum atomic E-state index is -0.566. The van der Waals surface area contributed by atoms with Crippen molar-refractivity contribution in [3.8, 4) is 6.07 Å². The van der Waals surface area contributed by atoms with Crippen LogP contribution in [0.1, 0.15) is 22.7 Å². The number of hydrogen-bond acceptors (Lipinski definition) is 4. The van der Waals surface area contributed by atoms with Crippen molar-refractivity contribution >= 4 is 33.0 Å². The van der Waals surface area contributed by atoms with Crippen molar-refractivity contribution < 1.29 is 9.59 Å². The highest BCUT2D eigenvalue weighted by molar-refractivity contribution is 8.26. The van der Waals surface area contributed by atoms with E-state index in [-0.39, 0.29) is 10.4 Å². The van der Waals surface area contributed by atoms with Crippen LogP contribution in [0.15, 0.2) is 54.7 Å². The minimum Gasteiger partial charge on any atom is -0.343 e. The number of hydrogen-bond donors (Lipinski definition) is 0. The Labute approximate surface area is 154 Å². The fourth-order valence-corrected chi connectivity index (χ4v) is 4.19. The fraction of sp³-hybridized carbons (Fsp3) is 0.150. The van der Waals surface area contributed by atoms with Crippen LogP contribution in [0.25, 0.3) is 10.9 Å². The summed E-state index contributed by atoms with van der Waals surface area (Å²) >= 11 is 0.761. The zero-order chi connectivity index (χ0) is 18.3. The van der Waals surface area contributed by atoms with Crippen LogP contribution in [0.5, 0.6) is 0 Å². The maximum absolute atomic E-state index is 12.3. The molecule has 3 aromatic rings. The molecule has 2 aromatic carbocycles. The summed E-state index contributed by atoms with van der Waals surface area (Å²) in [6.07, 6.45) is 1.95. The molecule has 0 aliphatic carbocycles. The Morgan fingerprint density at radius 1 is 1.15 bits per heavy atom. The van der Waals surface area contributed by atoms with Crippen LogP contribution in [0, 0.1) is 11.3 Å². The number of nitriles is 1. The molecule has 0 spiro atoms. The molecule has 1 atom stereocenters. The zero-order valence-corrected chi connectivity index (χ0v) is 14.9. The van der Waals surface area contributed by atoms with Crippen molar-refractivity contribution in [1.29, 1.82) is 5.26 Å². The zero-order valence-electron chi connectivity index (χ0n) is 14.0. The maximum Gasteiger partial charge on any atom is 0.289 e. The van der Waals surface area contributed by atoms with Crippen molar-refractivity contribution in [1.82, 2.24) is 9.47 Å². The van der Waals surface area contributed by atoms with Crippen LogP contribution in [0.4, 0.5) is 4.79 Å². The Morgan fingerprint density at radius 3 is 2.69 bits per heavy atom. The number of benzene rings is 2. The van der Waals surface area contributed by atoms with Crippen molar-refractivity contribution in [3.63, 3.8) is 0 Å². The van der Waals surface area contributed by atoms with E-state index in [0.29, 0.717) is 12.1 Å². The van der Waals surface area contributed by atoms with Gasteiger partial charge < -0.3 is 9.47 Å². The van der Waals surface area contributed by atoms with Gasteiger partial charge in [-0.1, -0.05) is 30.3 Å². The van der Waals surface area contributed by atoms with Crippen LogP contribution in [0.3, 0.4) is 0 Å². The molecule has 0 radical (unpaired) electrons. The summed E-state index contributed by atoms with van der Waals surface area (Å²) < 4.78 is 2.07. The lowest BCUT2D eigenvalue weighted by Gasteiger charge is -2.16. The van der Waals surface area contributed by atoms with Gasteiger partial charge in [0.05, 0.1) is 11.6 Å². The Balaban J connectivity index is 1.81. The summed E-state index contributed by atoms with van der Waals surface area (Å²) in [6, 6.07) is 16.9. The minimum absolute atomic E-state index is 0.146. The summed E-state index contributed by atoms with van der Waals surface area (Å²) in [7, 11) is 1.66. The fourth-order valence-electron chi connectivity index (χ4n) is 3.37. The molecule has 1 saturated heterocycles. The second-order valence-electron chi connectivity index (χ2n) is 6.24. The van der Waals surface area contributed by atoms with E-state index in [2.05, 4.69) is 10.6 Å². The number of likely N-dealkylation sites (N-methyl/N-ethyl adjacent to an activating group) is 1. The van der Waals surface area contributed by atoms with E-state index in [1.54, 1.807) is 13.1 Å². The molecule has 1 amide bonds. The molecule has 0 saturated carbocycles.